The van der Waals surface area contributed by atoms with E-state index in [1.54, 1.807) is 11.3 Å². The topological polar surface area (TPSA) is 51.3 Å². The van der Waals surface area contributed by atoms with Gasteiger partial charge in [-0.2, -0.15) is 11.3 Å². The van der Waals surface area contributed by atoms with Gasteiger partial charge < -0.3 is 14.5 Å². The van der Waals surface area contributed by atoms with Gasteiger partial charge in [0.1, 0.15) is 9.32 Å². The molecule has 1 N–H and O–H groups in total. The van der Waals surface area contributed by atoms with Crippen LogP contribution in [0.4, 0.5) is 0 Å². The lowest BCUT2D eigenvalue weighted by molar-refractivity contribution is 0.105. The van der Waals surface area contributed by atoms with Gasteiger partial charge in [-0.05, 0) is 89.0 Å². The van der Waals surface area contributed by atoms with Gasteiger partial charge >= 0.3 is 0 Å². The molecular formula is C20H20INO3S. The van der Waals surface area contributed by atoms with Crippen LogP contribution in [0.25, 0.3) is 0 Å². The molecule has 2 heterocycles. The molecule has 0 aliphatic carbocycles. The zero-order valence-corrected chi connectivity index (χ0v) is 17.9. The van der Waals surface area contributed by atoms with Crippen LogP contribution in [0.15, 0.2) is 39.8 Å². The van der Waals surface area contributed by atoms with Crippen LogP contribution >= 0.6 is 33.9 Å². The third kappa shape index (κ3) is 4.55. The first-order valence-electron chi connectivity index (χ1n) is 8.20. The second-order valence-electron chi connectivity index (χ2n) is 6.25. The molecular weight excluding hydrogens is 461 g/mol. The highest BCUT2D eigenvalue weighted by Gasteiger charge is 2.17. The van der Waals surface area contributed by atoms with Crippen molar-refractivity contribution >= 4 is 33.9 Å². The number of hydrogen-bond acceptors (Lipinski definition) is 4. The minimum atomic E-state index is -0.149. The number of thiophene rings is 1. The predicted octanol–water partition coefficient (Wildman–Crippen LogP) is 5.48. The predicted molar refractivity (Wildman–Crippen MR) is 113 cm³/mol. The van der Waals surface area contributed by atoms with Gasteiger partial charge in [0.2, 0.25) is 0 Å². The molecule has 0 saturated heterocycles. The quantitative estimate of drug-likeness (QED) is 0.475. The van der Waals surface area contributed by atoms with Crippen LogP contribution in [0.1, 0.15) is 27.9 Å². The van der Waals surface area contributed by atoms with Crippen molar-refractivity contribution in [3.05, 3.63) is 76.9 Å². The Morgan fingerprint density at radius 1 is 1.12 bits per heavy atom. The van der Waals surface area contributed by atoms with Crippen LogP contribution in [0.2, 0.25) is 0 Å². The summed E-state index contributed by atoms with van der Waals surface area (Å²) < 4.78 is 12.5. The van der Waals surface area contributed by atoms with E-state index in [0.717, 1.165) is 33.7 Å². The zero-order valence-electron chi connectivity index (χ0n) is 14.9. The number of rotatable bonds is 6. The molecule has 0 amide bonds. The molecule has 1 aromatic carbocycles. The molecule has 26 heavy (non-hydrogen) atoms. The molecule has 0 unspecified atom stereocenters. The first-order valence-corrected chi connectivity index (χ1v) is 10.2. The largest absolute Gasteiger partial charge is 0.456 e. The number of aryl methyl sites for hydroxylation is 3. The Bertz CT molecular complexity index is 944. The number of nitrogens with one attached hydrogen (secondary N) is 1. The Kier molecular flexibility index (Phi) is 6.16. The van der Waals surface area contributed by atoms with Gasteiger partial charge in [0, 0.05) is 11.3 Å². The summed E-state index contributed by atoms with van der Waals surface area (Å²) in [6.07, 6.45) is 0. The van der Waals surface area contributed by atoms with Crippen molar-refractivity contribution in [3.63, 3.8) is 0 Å². The minimum Gasteiger partial charge on any atom is -0.456 e. The summed E-state index contributed by atoms with van der Waals surface area (Å²) in [6, 6.07) is 8.07. The maximum Gasteiger partial charge on any atom is 0.265 e. The fourth-order valence-electron chi connectivity index (χ4n) is 2.74. The number of halogens is 1. The van der Waals surface area contributed by atoms with Gasteiger partial charge in [0.05, 0.1) is 13.2 Å². The smallest absolute Gasteiger partial charge is 0.265 e. The maximum atomic E-state index is 12.2. The van der Waals surface area contributed by atoms with E-state index in [1.165, 1.54) is 0 Å². The average Bonchev–Trinajstić information content (AvgIpc) is 3.07. The number of pyridine rings is 1. The van der Waals surface area contributed by atoms with E-state index in [-0.39, 0.29) is 5.56 Å². The fraction of sp³-hybridized carbons (Fsp3) is 0.250. The summed E-state index contributed by atoms with van der Waals surface area (Å²) in [7, 11) is 0. The van der Waals surface area contributed by atoms with E-state index in [2.05, 4.69) is 16.4 Å². The molecule has 2 aromatic heterocycles. The molecule has 0 fully saturated rings. The highest BCUT2D eigenvalue weighted by atomic mass is 127. The van der Waals surface area contributed by atoms with Crippen LogP contribution < -0.4 is 10.3 Å². The standard InChI is InChI=1S/C20H20INO3S/c1-12-6-13(2)8-16(7-12)25-19-17(14(3)22-20(23)18(19)21)10-24-9-15-4-5-26-11-15/h4-8,11H,9-10H2,1-3H3,(H,22,23). The number of hydrogen-bond donors (Lipinski definition) is 1. The van der Waals surface area contributed by atoms with E-state index in [0.29, 0.717) is 22.5 Å². The summed E-state index contributed by atoms with van der Waals surface area (Å²) in [5, 5.41) is 4.10. The summed E-state index contributed by atoms with van der Waals surface area (Å²) >= 11 is 3.68. The Labute approximate surface area is 170 Å². The van der Waals surface area contributed by atoms with Gasteiger partial charge in [0.15, 0.2) is 5.75 Å². The SMILES string of the molecule is Cc1cc(C)cc(Oc2c(COCc3ccsc3)c(C)[nH]c(=O)c2I)c1. The van der Waals surface area contributed by atoms with Crippen molar-refractivity contribution < 1.29 is 9.47 Å². The highest BCUT2D eigenvalue weighted by Crippen LogP contribution is 2.31. The molecule has 136 valence electrons. The van der Waals surface area contributed by atoms with E-state index >= 15 is 0 Å². The molecule has 0 radical (unpaired) electrons. The number of H-pyrrole nitrogens is 1. The summed E-state index contributed by atoms with van der Waals surface area (Å²) in [6.45, 7) is 6.82. The van der Waals surface area contributed by atoms with Crippen LogP contribution in [0.5, 0.6) is 11.5 Å². The van der Waals surface area contributed by atoms with Crippen molar-refractivity contribution in [3.8, 4) is 11.5 Å². The monoisotopic (exact) mass is 481 g/mol. The summed E-state index contributed by atoms with van der Waals surface area (Å²) in [5.41, 5.74) is 4.86. The molecule has 0 bridgehead atoms. The molecule has 0 aliphatic heterocycles. The van der Waals surface area contributed by atoms with E-state index in [9.17, 15) is 4.79 Å². The van der Waals surface area contributed by atoms with Gasteiger partial charge in [-0.15, -0.1) is 0 Å². The van der Waals surface area contributed by atoms with Gasteiger partial charge in [-0.25, -0.2) is 0 Å². The average molecular weight is 481 g/mol. The Hall–Kier alpha value is -1.64. The molecule has 0 saturated carbocycles. The van der Waals surface area contributed by atoms with E-state index in [1.807, 2.05) is 66.9 Å². The van der Waals surface area contributed by atoms with Crippen molar-refractivity contribution in [2.24, 2.45) is 0 Å². The molecule has 0 aliphatic rings. The normalized spacial score (nSPS) is 10.9. The molecule has 3 aromatic rings. The number of ether oxygens (including phenoxy) is 2. The van der Waals surface area contributed by atoms with Crippen molar-refractivity contribution in [1.29, 1.82) is 0 Å². The fourth-order valence-corrected chi connectivity index (χ4v) is 3.97. The molecule has 6 heteroatoms. The first kappa shape index (κ1) is 19.1. The Balaban J connectivity index is 1.90. The van der Waals surface area contributed by atoms with Gasteiger partial charge in [-0.1, -0.05) is 6.07 Å². The second kappa shape index (κ2) is 8.37. The summed E-state index contributed by atoms with van der Waals surface area (Å²) in [5.74, 6) is 1.30. The van der Waals surface area contributed by atoms with E-state index < -0.39 is 0 Å². The number of benzene rings is 1. The van der Waals surface area contributed by atoms with Crippen molar-refractivity contribution in [2.45, 2.75) is 34.0 Å². The second-order valence-corrected chi connectivity index (χ2v) is 8.11. The lowest BCUT2D eigenvalue weighted by atomic mass is 10.1. The first-order chi connectivity index (χ1) is 12.4. The zero-order chi connectivity index (χ0) is 18.7. The van der Waals surface area contributed by atoms with Gasteiger partial charge in [0.25, 0.3) is 5.56 Å². The van der Waals surface area contributed by atoms with Crippen LogP contribution in [0, 0.1) is 24.3 Å². The van der Waals surface area contributed by atoms with Crippen LogP contribution in [-0.4, -0.2) is 4.98 Å². The minimum absolute atomic E-state index is 0.149. The Morgan fingerprint density at radius 3 is 2.50 bits per heavy atom. The van der Waals surface area contributed by atoms with E-state index in [4.69, 9.17) is 9.47 Å². The molecule has 0 spiro atoms. The lowest BCUT2D eigenvalue weighted by Crippen LogP contribution is -2.16. The highest BCUT2D eigenvalue weighted by molar-refractivity contribution is 14.1. The van der Waals surface area contributed by atoms with Crippen molar-refractivity contribution in [1.82, 2.24) is 4.98 Å². The summed E-state index contributed by atoms with van der Waals surface area (Å²) in [4.78, 5) is 15.1. The van der Waals surface area contributed by atoms with Gasteiger partial charge in [-0.3, -0.25) is 4.79 Å². The van der Waals surface area contributed by atoms with Crippen molar-refractivity contribution in [2.75, 3.05) is 0 Å². The molecule has 4 nitrogen and oxygen atoms in total. The number of aromatic amines is 1. The van der Waals surface area contributed by atoms with Crippen LogP contribution in [0.3, 0.4) is 0 Å². The molecule has 3 rings (SSSR count). The van der Waals surface area contributed by atoms with Crippen LogP contribution in [-0.2, 0) is 18.0 Å². The third-order valence-corrected chi connectivity index (χ3v) is 5.65. The lowest BCUT2D eigenvalue weighted by Gasteiger charge is -2.16. The number of aromatic nitrogens is 1. The molecule has 0 atom stereocenters. The maximum absolute atomic E-state index is 12.2. The Morgan fingerprint density at radius 2 is 1.85 bits per heavy atom. The third-order valence-electron chi connectivity index (χ3n) is 3.94.